The van der Waals surface area contributed by atoms with E-state index < -0.39 is 0 Å². The second kappa shape index (κ2) is 15.1. The molecule has 0 radical (unpaired) electrons. The molecular weight excluding hydrogens is 623 g/mol. The highest BCUT2D eigenvalue weighted by Crippen LogP contribution is 2.27. The van der Waals surface area contributed by atoms with Crippen LogP contribution in [0.1, 0.15) is 21.5 Å². The third-order valence-corrected chi connectivity index (χ3v) is 9.49. The Labute approximate surface area is 279 Å². The maximum absolute atomic E-state index is 13.2. The number of aromatic nitrogens is 2. The van der Waals surface area contributed by atoms with Crippen LogP contribution in [-0.2, 0) is 5.75 Å². The van der Waals surface area contributed by atoms with Crippen LogP contribution in [-0.4, -0.2) is 84.6 Å². The molecule has 7 nitrogen and oxygen atoms in total. The molecule has 0 bridgehead atoms. The van der Waals surface area contributed by atoms with Crippen molar-refractivity contribution >= 4 is 58.5 Å². The zero-order chi connectivity index (χ0) is 31.0. The van der Waals surface area contributed by atoms with Crippen LogP contribution in [0, 0.1) is 0 Å². The quantitative estimate of drug-likeness (QED) is 0.110. The van der Waals surface area contributed by atoms with Crippen LogP contribution in [0.3, 0.4) is 0 Å². The summed E-state index contributed by atoms with van der Waals surface area (Å²) in [7, 11) is 0. The summed E-state index contributed by atoms with van der Waals surface area (Å²) < 4.78 is 0. The number of amides is 1. The molecule has 0 atom stereocenters. The van der Waals surface area contributed by atoms with Gasteiger partial charge in [-0.15, -0.1) is 0 Å². The smallest absolute Gasteiger partial charge is 0.253 e. The van der Waals surface area contributed by atoms with Crippen molar-refractivity contribution in [3.8, 4) is 0 Å². The van der Waals surface area contributed by atoms with Crippen molar-refractivity contribution in [2.75, 3.05) is 68.7 Å². The summed E-state index contributed by atoms with van der Waals surface area (Å²) >= 11 is 14.2. The van der Waals surface area contributed by atoms with Crippen LogP contribution < -0.4 is 9.80 Å². The predicted molar refractivity (Wildman–Crippen MR) is 187 cm³/mol. The van der Waals surface area contributed by atoms with Gasteiger partial charge in [0.15, 0.2) is 5.16 Å². The molecule has 1 amide bonds. The largest absolute Gasteiger partial charge is 0.368 e. The van der Waals surface area contributed by atoms with Gasteiger partial charge in [-0.3, -0.25) is 9.69 Å². The Morgan fingerprint density at radius 3 is 2.24 bits per heavy atom. The van der Waals surface area contributed by atoms with Gasteiger partial charge in [0.2, 0.25) is 0 Å². The van der Waals surface area contributed by atoms with Gasteiger partial charge in [0.25, 0.3) is 5.91 Å². The summed E-state index contributed by atoms with van der Waals surface area (Å²) in [6, 6.07) is 28.0. The number of hydrogen-bond acceptors (Lipinski definition) is 7. The van der Waals surface area contributed by atoms with Crippen molar-refractivity contribution in [1.82, 2.24) is 19.8 Å². The SMILES string of the molecule is O=C(c1ccc(CSc2nc(Cl)cc(N3CCN(c4cccc(Cl)c4)CC3)n2)cc1)N1CCN(CC=Cc2ccccc2)CC1. The number of benzene rings is 3. The second-order valence-electron chi connectivity index (χ2n) is 11.2. The molecule has 45 heavy (non-hydrogen) atoms. The van der Waals surface area contributed by atoms with Crippen molar-refractivity contribution < 1.29 is 4.79 Å². The van der Waals surface area contributed by atoms with E-state index in [1.54, 1.807) is 11.8 Å². The number of thioether (sulfide) groups is 1. The topological polar surface area (TPSA) is 55.8 Å². The fraction of sp³-hybridized carbons (Fsp3) is 0.286. The molecule has 4 aromatic rings. The standard InChI is InChI=1S/C35H36Cl2N6OS/c36-30-9-4-10-31(24-30)41-20-22-42(23-21-41)33-25-32(37)38-35(39-33)45-26-28-11-13-29(14-12-28)34(44)43-18-16-40(17-19-43)15-5-8-27-6-2-1-3-7-27/h1-14,24-25H,15-23,26H2. The number of carbonyl (C=O) groups excluding carboxylic acids is 1. The Morgan fingerprint density at radius 2 is 1.51 bits per heavy atom. The number of anilines is 2. The molecule has 2 fully saturated rings. The highest BCUT2D eigenvalue weighted by Gasteiger charge is 2.22. The lowest BCUT2D eigenvalue weighted by Crippen LogP contribution is -2.48. The first-order valence-corrected chi connectivity index (χ1v) is 17.0. The summed E-state index contributed by atoms with van der Waals surface area (Å²) in [5, 5.41) is 1.83. The van der Waals surface area contributed by atoms with Gasteiger partial charge in [-0.05, 0) is 41.5 Å². The number of nitrogens with zero attached hydrogens (tertiary/aromatic N) is 6. The molecule has 3 aromatic carbocycles. The van der Waals surface area contributed by atoms with E-state index in [0.717, 1.165) is 86.6 Å². The van der Waals surface area contributed by atoms with Crippen LogP contribution in [0.25, 0.3) is 6.08 Å². The van der Waals surface area contributed by atoms with Gasteiger partial charge in [0, 0.05) is 87.0 Å². The lowest BCUT2D eigenvalue weighted by molar-refractivity contribution is 0.0650. The van der Waals surface area contributed by atoms with Gasteiger partial charge in [-0.1, -0.05) is 95.6 Å². The second-order valence-corrected chi connectivity index (χ2v) is 12.9. The molecule has 0 spiro atoms. The number of hydrogen-bond donors (Lipinski definition) is 0. The van der Waals surface area contributed by atoms with Crippen LogP contribution in [0.4, 0.5) is 11.5 Å². The number of rotatable bonds is 9. The molecule has 0 aliphatic carbocycles. The Kier molecular flexibility index (Phi) is 10.6. The first kappa shape index (κ1) is 31.4. The first-order valence-electron chi connectivity index (χ1n) is 15.3. The van der Waals surface area contributed by atoms with Crippen molar-refractivity contribution in [3.05, 3.63) is 118 Å². The number of carbonyl (C=O) groups is 1. The zero-order valence-corrected chi connectivity index (χ0v) is 27.4. The molecule has 6 rings (SSSR count). The van der Waals surface area contributed by atoms with Gasteiger partial charge in [0.05, 0.1) is 0 Å². The van der Waals surface area contributed by atoms with Gasteiger partial charge < -0.3 is 14.7 Å². The van der Waals surface area contributed by atoms with Crippen molar-refractivity contribution in [3.63, 3.8) is 0 Å². The Morgan fingerprint density at radius 1 is 0.778 bits per heavy atom. The normalized spacial score (nSPS) is 16.0. The molecule has 3 heterocycles. The van der Waals surface area contributed by atoms with Crippen molar-refractivity contribution in [2.45, 2.75) is 10.9 Å². The Bertz CT molecular complexity index is 1600. The zero-order valence-electron chi connectivity index (χ0n) is 25.1. The first-order chi connectivity index (χ1) is 22.0. The number of piperazine rings is 2. The Hall–Kier alpha value is -3.56. The summed E-state index contributed by atoms with van der Waals surface area (Å²) in [4.78, 5) is 31.4. The molecule has 10 heteroatoms. The van der Waals surface area contributed by atoms with E-state index in [1.807, 2.05) is 71.6 Å². The van der Waals surface area contributed by atoms with Gasteiger partial charge in [-0.25, -0.2) is 9.97 Å². The number of halogens is 2. The van der Waals surface area contributed by atoms with E-state index in [9.17, 15) is 4.79 Å². The molecule has 0 saturated carbocycles. The van der Waals surface area contributed by atoms with E-state index in [0.29, 0.717) is 16.1 Å². The molecule has 0 N–H and O–H groups in total. The van der Waals surface area contributed by atoms with Crippen LogP contribution in [0.5, 0.6) is 0 Å². The molecule has 232 valence electrons. The monoisotopic (exact) mass is 658 g/mol. The van der Waals surface area contributed by atoms with E-state index in [4.69, 9.17) is 28.2 Å². The van der Waals surface area contributed by atoms with Crippen molar-refractivity contribution in [2.24, 2.45) is 0 Å². The molecule has 2 aliphatic heterocycles. The third-order valence-electron chi connectivity index (χ3n) is 8.14. The fourth-order valence-corrected chi connectivity index (χ4v) is 6.81. The van der Waals surface area contributed by atoms with Crippen molar-refractivity contribution in [1.29, 1.82) is 0 Å². The van der Waals surface area contributed by atoms with Gasteiger partial charge in [-0.2, -0.15) is 0 Å². The third kappa shape index (κ3) is 8.58. The minimum Gasteiger partial charge on any atom is -0.368 e. The minimum absolute atomic E-state index is 0.0898. The molecule has 2 aliphatic rings. The minimum atomic E-state index is 0.0898. The average molecular weight is 660 g/mol. The lowest BCUT2D eigenvalue weighted by Gasteiger charge is -2.36. The molecular formula is C35H36Cl2N6OS. The van der Waals surface area contributed by atoms with Gasteiger partial charge in [0.1, 0.15) is 11.0 Å². The Balaban J connectivity index is 0.971. The average Bonchev–Trinajstić information content (AvgIpc) is 3.08. The van der Waals surface area contributed by atoms with Gasteiger partial charge >= 0.3 is 0 Å². The molecule has 2 saturated heterocycles. The predicted octanol–water partition coefficient (Wildman–Crippen LogP) is 6.87. The highest BCUT2D eigenvalue weighted by molar-refractivity contribution is 7.98. The highest BCUT2D eigenvalue weighted by atomic mass is 35.5. The maximum Gasteiger partial charge on any atom is 0.253 e. The summed E-state index contributed by atoms with van der Waals surface area (Å²) in [6.45, 7) is 7.52. The van der Waals surface area contributed by atoms with E-state index in [-0.39, 0.29) is 5.91 Å². The van der Waals surface area contributed by atoms with E-state index >= 15 is 0 Å². The van der Waals surface area contributed by atoms with Crippen LogP contribution >= 0.6 is 35.0 Å². The molecule has 0 unspecified atom stereocenters. The van der Waals surface area contributed by atoms with E-state index in [1.165, 1.54) is 5.56 Å². The summed E-state index contributed by atoms with van der Waals surface area (Å²) in [5.74, 6) is 1.62. The lowest BCUT2D eigenvalue weighted by atomic mass is 10.1. The maximum atomic E-state index is 13.2. The summed E-state index contributed by atoms with van der Waals surface area (Å²) in [6.07, 6.45) is 4.35. The summed E-state index contributed by atoms with van der Waals surface area (Å²) in [5.41, 5.74) is 4.17. The fourth-order valence-electron chi connectivity index (χ4n) is 5.59. The van der Waals surface area contributed by atoms with Crippen LogP contribution in [0.2, 0.25) is 10.2 Å². The van der Waals surface area contributed by atoms with Crippen LogP contribution in [0.15, 0.2) is 96.2 Å². The molecule has 1 aromatic heterocycles. The van der Waals surface area contributed by atoms with E-state index in [2.05, 4.69) is 50.0 Å².